The van der Waals surface area contributed by atoms with E-state index in [0.717, 1.165) is 5.56 Å². The first-order valence-electron chi connectivity index (χ1n) is 5.19. The smallest absolute Gasteiger partial charge is 0.240 e. The van der Waals surface area contributed by atoms with E-state index in [1.807, 2.05) is 30.3 Å². The van der Waals surface area contributed by atoms with Crippen LogP contribution < -0.4 is 11.1 Å². The van der Waals surface area contributed by atoms with Crippen LogP contribution in [-0.4, -0.2) is 17.9 Å². The molecule has 0 radical (unpaired) electrons. The summed E-state index contributed by atoms with van der Waals surface area (Å²) >= 11 is 0. The van der Waals surface area contributed by atoms with Gasteiger partial charge < -0.3 is 11.1 Å². The van der Waals surface area contributed by atoms with Gasteiger partial charge in [-0.15, -0.1) is 12.3 Å². The van der Waals surface area contributed by atoms with Gasteiger partial charge in [-0.05, 0) is 5.56 Å². The number of amides is 2. The standard InChI is InChI=1S/C13H14N2O2/c1-2-6-11(13(14)17)15-12(16)9-10-7-4-3-5-8-10/h1,3-5,7-8,11H,6,9H2,(H2,14,17)(H,15,16)/t11-/m1/s1. The predicted molar refractivity (Wildman–Crippen MR) is 64.7 cm³/mol. The van der Waals surface area contributed by atoms with E-state index in [2.05, 4.69) is 11.2 Å². The molecule has 0 aliphatic rings. The molecular formula is C13H14N2O2. The number of nitrogens with two attached hydrogens (primary N) is 1. The van der Waals surface area contributed by atoms with Crippen molar-refractivity contribution in [3.05, 3.63) is 35.9 Å². The second-order valence-electron chi connectivity index (χ2n) is 3.59. The fourth-order valence-corrected chi connectivity index (χ4v) is 1.37. The Morgan fingerprint density at radius 3 is 2.53 bits per heavy atom. The average molecular weight is 230 g/mol. The lowest BCUT2D eigenvalue weighted by Gasteiger charge is -2.12. The third-order valence-electron chi connectivity index (χ3n) is 2.21. The molecular weight excluding hydrogens is 216 g/mol. The molecule has 0 aromatic heterocycles. The van der Waals surface area contributed by atoms with Gasteiger partial charge in [0.15, 0.2) is 0 Å². The zero-order valence-corrected chi connectivity index (χ0v) is 9.35. The quantitative estimate of drug-likeness (QED) is 0.710. The summed E-state index contributed by atoms with van der Waals surface area (Å²) in [6.07, 6.45) is 5.40. The van der Waals surface area contributed by atoms with Crippen LogP contribution in [0.25, 0.3) is 0 Å². The Balaban J connectivity index is 2.54. The van der Waals surface area contributed by atoms with E-state index in [9.17, 15) is 9.59 Å². The van der Waals surface area contributed by atoms with Gasteiger partial charge in [0.25, 0.3) is 0 Å². The molecule has 0 unspecified atom stereocenters. The number of benzene rings is 1. The van der Waals surface area contributed by atoms with Gasteiger partial charge in [0.05, 0.1) is 6.42 Å². The highest BCUT2D eigenvalue weighted by molar-refractivity contribution is 5.87. The third-order valence-corrected chi connectivity index (χ3v) is 2.21. The van der Waals surface area contributed by atoms with E-state index in [-0.39, 0.29) is 18.7 Å². The zero-order chi connectivity index (χ0) is 12.7. The number of nitrogens with one attached hydrogen (secondary N) is 1. The molecule has 1 atom stereocenters. The molecule has 3 N–H and O–H groups in total. The molecule has 0 heterocycles. The molecule has 2 amide bonds. The minimum atomic E-state index is -0.795. The molecule has 1 rings (SSSR count). The first-order chi connectivity index (χ1) is 8.13. The number of carbonyl (C=O) groups is 2. The second-order valence-corrected chi connectivity index (χ2v) is 3.59. The van der Waals surface area contributed by atoms with Gasteiger partial charge in [-0.25, -0.2) is 0 Å². The van der Waals surface area contributed by atoms with Gasteiger partial charge in [0.1, 0.15) is 6.04 Å². The molecule has 0 aliphatic heterocycles. The molecule has 88 valence electrons. The second kappa shape index (κ2) is 6.33. The summed E-state index contributed by atoms with van der Waals surface area (Å²) in [6.45, 7) is 0. The number of hydrogen-bond donors (Lipinski definition) is 2. The number of hydrogen-bond acceptors (Lipinski definition) is 2. The van der Waals surface area contributed by atoms with Crippen LogP contribution in [0.2, 0.25) is 0 Å². The maximum atomic E-state index is 11.6. The van der Waals surface area contributed by atoms with E-state index >= 15 is 0 Å². The van der Waals surface area contributed by atoms with Crippen LogP contribution in [0.5, 0.6) is 0 Å². The van der Waals surface area contributed by atoms with Crippen molar-refractivity contribution in [2.75, 3.05) is 0 Å². The van der Waals surface area contributed by atoms with E-state index < -0.39 is 11.9 Å². The Morgan fingerprint density at radius 2 is 2.00 bits per heavy atom. The van der Waals surface area contributed by atoms with Crippen molar-refractivity contribution in [2.24, 2.45) is 5.73 Å². The Bertz CT molecular complexity index is 434. The Labute approximate surface area is 100 Å². The molecule has 0 saturated carbocycles. The molecule has 0 aliphatic carbocycles. The summed E-state index contributed by atoms with van der Waals surface area (Å²) in [6, 6.07) is 8.42. The molecule has 17 heavy (non-hydrogen) atoms. The lowest BCUT2D eigenvalue weighted by atomic mass is 10.1. The third kappa shape index (κ3) is 4.39. The van der Waals surface area contributed by atoms with Crippen LogP contribution in [0.1, 0.15) is 12.0 Å². The van der Waals surface area contributed by atoms with Crippen LogP contribution in [0.4, 0.5) is 0 Å². The maximum Gasteiger partial charge on any atom is 0.240 e. The van der Waals surface area contributed by atoms with Crippen LogP contribution >= 0.6 is 0 Å². The summed E-state index contributed by atoms with van der Waals surface area (Å²) in [5.74, 6) is 1.41. The van der Waals surface area contributed by atoms with E-state index in [1.54, 1.807) is 0 Å². The minimum Gasteiger partial charge on any atom is -0.368 e. The summed E-state index contributed by atoms with van der Waals surface area (Å²) in [4.78, 5) is 22.6. The number of primary amides is 1. The van der Waals surface area contributed by atoms with Gasteiger partial charge in [0, 0.05) is 6.42 Å². The van der Waals surface area contributed by atoms with Gasteiger partial charge in [0.2, 0.25) is 11.8 Å². The van der Waals surface area contributed by atoms with Crippen molar-refractivity contribution < 1.29 is 9.59 Å². The zero-order valence-electron chi connectivity index (χ0n) is 9.35. The molecule has 0 fully saturated rings. The Morgan fingerprint density at radius 1 is 1.35 bits per heavy atom. The average Bonchev–Trinajstić information content (AvgIpc) is 2.29. The lowest BCUT2D eigenvalue weighted by Crippen LogP contribution is -2.44. The molecule has 0 saturated heterocycles. The molecule has 1 aromatic rings. The molecule has 4 nitrogen and oxygen atoms in total. The van der Waals surface area contributed by atoms with E-state index in [1.165, 1.54) is 0 Å². The number of rotatable bonds is 5. The Hall–Kier alpha value is -2.28. The van der Waals surface area contributed by atoms with Crippen molar-refractivity contribution in [3.8, 4) is 12.3 Å². The van der Waals surface area contributed by atoms with E-state index in [0.29, 0.717) is 0 Å². The maximum absolute atomic E-state index is 11.6. The number of carbonyl (C=O) groups excluding carboxylic acids is 2. The van der Waals surface area contributed by atoms with Crippen molar-refractivity contribution in [3.63, 3.8) is 0 Å². The monoisotopic (exact) mass is 230 g/mol. The van der Waals surface area contributed by atoms with Crippen molar-refractivity contribution >= 4 is 11.8 Å². The first-order valence-corrected chi connectivity index (χ1v) is 5.19. The van der Waals surface area contributed by atoms with Crippen LogP contribution in [0, 0.1) is 12.3 Å². The van der Waals surface area contributed by atoms with Gasteiger partial charge in [-0.2, -0.15) is 0 Å². The highest BCUT2D eigenvalue weighted by Gasteiger charge is 2.16. The molecule has 0 bridgehead atoms. The number of terminal acetylenes is 1. The molecule has 1 aromatic carbocycles. The van der Waals surface area contributed by atoms with Crippen LogP contribution in [-0.2, 0) is 16.0 Å². The normalized spacial score (nSPS) is 11.2. The van der Waals surface area contributed by atoms with Gasteiger partial charge in [-0.1, -0.05) is 30.3 Å². The largest absolute Gasteiger partial charge is 0.368 e. The molecule has 0 spiro atoms. The SMILES string of the molecule is C#CC[C@@H](NC(=O)Cc1ccccc1)C(N)=O. The minimum absolute atomic E-state index is 0.107. The van der Waals surface area contributed by atoms with E-state index in [4.69, 9.17) is 12.2 Å². The topological polar surface area (TPSA) is 72.2 Å². The summed E-state index contributed by atoms with van der Waals surface area (Å²) in [7, 11) is 0. The summed E-state index contributed by atoms with van der Waals surface area (Å²) < 4.78 is 0. The van der Waals surface area contributed by atoms with Gasteiger partial charge >= 0.3 is 0 Å². The highest BCUT2D eigenvalue weighted by Crippen LogP contribution is 2.00. The summed E-state index contributed by atoms with van der Waals surface area (Å²) in [5.41, 5.74) is 5.98. The Kier molecular flexibility index (Phi) is 4.77. The lowest BCUT2D eigenvalue weighted by molar-refractivity contribution is -0.126. The molecule has 4 heteroatoms. The van der Waals surface area contributed by atoms with Crippen molar-refractivity contribution in [1.29, 1.82) is 0 Å². The highest BCUT2D eigenvalue weighted by atomic mass is 16.2. The van der Waals surface area contributed by atoms with Crippen molar-refractivity contribution in [1.82, 2.24) is 5.32 Å². The summed E-state index contributed by atoms with van der Waals surface area (Å²) in [5, 5.41) is 2.51. The fourth-order valence-electron chi connectivity index (χ4n) is 1.37. The van der Waals surface area contributed by atoms with Crippen molar-refractivity contribution in [2.45, 2.75) is 18.9 Å². The van der Waals surface area contributed by atoms with Crippen LogP contribution in [0.15, 0.2) is 30.3 Å². The first kappa shape index (κ1) is 12.8. The fraction of sp³-hybridized carbons (Fsp3) is 0.231. The van der Waals surface area contributed by atoms with Gasteiger partial charge in [-0.3, -0.25) is 9.59 Å². The van der Waals surface area contributed by atoms with Crippen LogP contribution in [0.3, 0.4) is 0 Å². The predicted octanol–water partition coefficient (Wildman–Crippen LogP) is 0.223.